The molecule has 1 heterocycles. The molecule has 0 amide bonds. The van der Waals surface area contributed by atoms with Gasteiger partial charge in [0.05, 0.1) is 0 Å². The van der Waals surface area contributed by atoms with Crippen molar-refractivity contribution in [1.29, 1.82) is 0 Å². The number of rotatable bonds is 10. The molecular formula is C14H26N4O. The summed E-state index contributed by atoms with van der Waals surface area (Å²) in [6, 6.07) is 1.88. The van der Waals surface area contributed by atoms with Gasteiger partial charge in [0.25, 0.3) is 0 Å². The summed E-state index contributed by atoms with van der Waals surface area (Å²) in [4.78, 5) is 8.55. The zero-order valence-corrected chi connectivity index (χ0v) is 12.3. The van der Waals surface area contributed by atoms with Crippen LogP contribution in [0, 0.1) is 5.92 Å². The zero-order chi connectivity index (χ0) is 13.9. The van der Waals surface area contributed by atoms with Crippen LogP contribution < -0.4 is 10.6 Å². The lowest BCUT2D eigenvalue weighted by molar-refractivity contribution is 0.110. The highest BCUT2D eigenvalue weighted by atomic mass is 16.5. The van der Waals surface area contributed by atoms with Crippen molar-refractivity contribution in [2.24, 2.45) is 5.92 Å². The topological polar surface area (TPSA) is 59.1 Å². The van der Waals surface area contributed by atoms with Gasteiger partial charge >= 0.3 is 0 Å². The van der Waals surface area contributed by atoms with Gasteiger partial charge in [0.2, 0.25) is 5.95 Å². The fraction of sp³-hybridized carbons (Fsp3) is 0.714. The minimum atomic E-state index is 0.599. The van der Waals surface area contributed by atoms with Crippen LogP contribution in [0.2, 0.25) is 0 Å². The van der Waals surface area contributed by atoms with Gasteiger partial charge in [-0.05, 0) is 24.8 Å². The van der Waals surface area contributed by atoms with Crippen LogP contribution in [0.15, 0.2) is 12.3 Å². The Morgan fingerprint density at radius 2 is 2.11 bits per heavy atom. The predicted octanol–water partition coefficient (Wildman–Crippen LogP) is 2.77. The van der Waals surface area contributed by atoms with E-state index in [4.69, 9.17) is 4.74 Å². The van der Waals surface area contributed by atoms with Gasteiger partial charge in [-0.25, -0.2) is 4.98 Å². The van der Waals surface area contributed by atoms with Crippen LogP contribution in [0.1, 0.15) is 33.6 Å². The summed E-state index contributed by atoms with van der Waals surface area (Å²) in [5.74, 6) is 2.14. The van der Waals surface area contributed by atoms with Gasteiger partial charge in [-0.2, -0.15) is 4.98 Å². The largest absolute Gasteiger partial charge is 0.381 e. The average Bonchev–Trinajstić information content (AvgIpc) is 2.40. The molecule has 0 saturated heterocycles. The molecule has 0 aliphatic heterocycles. The van der Waals surface area contributed by atoms with E-state index < -0.39 is 0 Å². The van der Waals surface area contributed by atoms with E-state index in [-0.39, 0.29) is 0 Å². The predicted molar refractivity (Wildman–Crippen MR) is 79.6 cm³/mol. The molecule has 0 saturated carbocycles. The third kappa shape index (κ3) is 7.62. The first-order valence-electron chi connectivity index (χ1n) is 7.11. The molecule has 19 heavy (non-hydrogen) atoms. The van der Waals surface area contributed by atoms with Crippen LogP contribution >= 0.6 is 0 Å². The van der Waals surface area contributed by atoms with Gasteiger partial charge in [-0.3, -0.25) is 0 Å². The van der Waals surface area contributed by atoms with Crippen LogP contribution in [0.3, 0.4) is 0 Å². The van der Waals surface area contributed by atoms with E-state index >= 15 is 0 Å². The van der Waals surface area contributed by atoms with Crippen LogP contribution in [0.25, 0.3) is 0 Å². The van der Waals surface area contributed by atoms with E-state index in [1.165, 1.54) is 0 Å². The van der Waals surface area contributed by atoms with Crippen molar-refractivity contribution in [2.75, 3.05) is 36.9 Å². The number of nitrogens with one attached hydrogen (secondary N) is 2. The fourth-order valence-corrected chi connectivity index (χ4v) is 1.49. The van der Waals surface area contributed by atoms with Crippen molar-refractivity contribution in [3.8, 4) is 0 Å². The molecule has 5 heteroatoms. The Balaban J connectivity index is 2.18. The normalized spacial score (nSPS) is 10.7. The Hall–Kier alpha value is -1.36. The third-order valence-corrected chi connectivity index (χ3v) is 2.41. The lowest BCUT2D eigenvalue weighted by Crippen LogP contribution is -2.10. The minimum absolute atomic E-state index is 0.599. The molecule has 1 rings (SSSR count). The standard InChI is InChI=1S/C14H26N4O/c1-4-7-16-14-17-9-6-13(18-14)15-8-5-10-19-11-12(2)3/h6,9,12H,4-5,7-8,10-11H2,1-3H3,(H2,15,16,17,18). The van der Waals surface area contributed by atoms with Crippen LogP contribution in [-0.4, -0.2) is 36.3 Å². The Morgan fingerprint density at radius 3 is 2.84 bits per heavy atom. The van der Waals surface area contributed by atoms with Gasteiger partial charge < -0.3 is 15.4 Å². The maximum Gasteiger partial charge on any atom is 0.224 e. The molecule has 2 N–H and O–H groups in total. The third-order valence-electron chi connectivity index (χ3n) is 2.41. The van der Waals surface area contributed by atoms with Crippen molar-refractivity contribution < 1.29 is 4.74 Å². The highest BCUT2D eigenvalue weighted by Gasteiger charge is 1.98. The molecule has 108 valence electrons. The van der Waals surface area contributed by atoms with Crippen molar-refractivity contribution in [1.82, 2.24) is 9.97 Å². The maximum absolute atomic E-state index is 5.52. The fourth-order valence-electron chi connectivity index (χ4n) is 1.49. The Bertz CT molecular complexity index is 344. The second-order valence-corrected chi connectivity index (χ2v) is 4.94. The highest BCUT2D eigenvalue weighted by Crippen LogP contribution is 2.05. The van der Waals surface area contributed by atoms with E-state index in [0.717, 1.165) is 45.0 Å². The number of aromatic nitrogens is 2. The van der Waals surface area contributed by atoms with Crippen molar-refractivity contribution in [3.63, 3.8) is 0 Å². The average molecular weight is 266 g/mol. The van der Waals surface area contributed by atoms with Crippen molar-refractivity contribution in [3.05, 3.63) is 12.3 Å². The highest BCUT2D eigenvalue weighted by molar-refractivity contribution is 5.39. The molecule has 0 aliphatic carbocycles. The summed E-state index contributed by atoms with van der Waals surface area (Å²) in [6.07, 6.45) is 3.81. The molecular weight excluding hydrogens is 240 g/mol. The molecule has 0 radical (unpaired) electrons. The molecule has 0 bridgehead atoms. The smallest absolute Gasteiger partial charge is 0.224 e. The molecule has 0 unspecified atom stereocenters. The van der Waals surface area contributed by atoms with Gasteiger partial charge in [0.1, 0.15) is 5.82 Å². The van der Waals surface area contributed by atoms with Crippen LogP contribution in [0.5, 0.6) is 0 Å². The number of hydrogen-bond acceptors (Lipinski definition) is 5. The number of hydrogen-bond donors (Lipinski definition) is 2. The Morgan fingerprint density at radius 1 is 1.26 bits per heavy atom. The lowest BCUT2D eigenvalue weighted by Gasteiger charge is -2.09. The Kier molecular flexibility index (Phi) is 7.89. The van der Waals surface area contributed by atoms with Gasteiger partial charge in [0.15, 0.2) is 0 Å². The van der Waals surface area contributed by atoms with Gasteiger partial charge in [-0.1, -0.05) is 20.8 Å². The second-order valence-electron chi connectivity index (χ2n) is 4.94. The summed E-state index contributed by atoms with van der Waals surface area (Å²) in [6.45, 7) is 9.81. The first-order chi connectivity index (χ1) is 9.22. The minimum Gasteiger partial charge on any atom is -0.381 e. The molecule has 5 nitrogen and oxygen atoms in total. The Labute approximate surface area is 116 Å². The molecule has 0 fully saturated rings. The maximum atomic E-state index is 5.52. The summed E-state index contributed by atoms with van der Waals surface area (Å²) in [7, 11) is 0. The van der Waals surface area contributed by atoms with E-state index in [1.54, 1.807) is 6.20 Å². The molecule has 0 spiro atoms. The second kappa shape index (κ2) is 9.55. The van der Waals surface area contributed by atoms with Gasteiger partial charge in [0, 0.05) is 32.5 Å². The molecule has 1 aromatic rings. The molecule has 0 aromatic carbocycles. The lowest BCUT2D eigenvalue weighted by atomic mass is 10.2. The molecule has 1 aromatic heterocycles. The monoisotopic (exact) mass is 266 g/mol. The zero-order valence-electron chi connectivity index (χ0n) is 12.3. The number of ether oxygens (including phenoxy) is 1. The summed E-state index contributed by atoms with van der Waals surface area (Å²) in [5.41, 5.74) is 0. The van der Waals surface area contributed by atoms with Crippen molar-refractivity contribution in [2.45, 2.75) is 33.6 Å². The van der Waals surface area contributed by atoms with Crippen molar-refractivity contribution >= 4 is 11.8 Å². The van der Waals surface area contributed by atoms with Crippen LogP contribution in [-0.2, 0) is 4.74 Å². The quantitative estimate of drug-likeness (QED) is 0.638. The van der Waals surface area contributed by atoms with E-state index in [0.29, 0.717) is 11.9 Å². The van der Waals surface area contributed by atoms with E-state index in [1.807, 2.05) is 6.07 Å². The van der Waals surface area contributed by atoms with E-state index in [9.17, 15) is 0 Å². The summed E-state index contributed by atoms with van der Waals surface area (Å²) < 4.78 is 5.52. The molecule has 0 atom stereocenters. The summed E-state index contributed by atoms with van der Waals surface area (Å²) in [5, 5.41) is 6.45. The van der Waals surface area contributed by atoms with Gasteiger partial charge in [-0.15, -0.1) is 0 Å². The van der Waals surface area contributed by atoms with Crippen LogP contribution in [0.4, 0.5) is 11.8 Å². The SMILES string of the molecule is CCCNc1nccc(NCCCOCC(C)C)n1. The molecule has 0 aliphatic rings. The number of nitrogens with zero attached hydrogens (tertiary/aromatic N) is 2. The first kappa shape index (κ1) is 15.7. The number of anilines is 2. The van der Waals surface area contributed by atoms with E-state index in [2.05, 4.69) is 41.4 Å². The summed E-state index contributed by atoms with van der Waals surface area (Å²) >= 11 is 0. The first-order valence-corrected chi connectivity index (χ1v) is 7.11.